The molecule has 1 aliphatic rings. The molecule has 3 aromatic carbocycles. The summed E-state index contributed by atoms with van der Waals surface area (Å²) in [6, 6.07) is 20.9. The molecule has 0 spiro atoms. The summed E-state index contributed by atoms with van der Waals surface area (Å²) in [5.74, 6) is -0.591. The van der Waals surface area contributed by atoms with Gasteiger partial charge in [0.05, 0.1) is 0 Å². The van der Waals surface area contributed by atoms with Crippen LogP contribution in [0, 0.1) is 6.92 Å². The summed E-state index contributed by atoms with van der Waals surface area (Å²) in [5.41, 5.74) is 4.17. The minimum atomic E-state index is -1.04. The van der Waals surface area contributed by atoms with Gasteiger partial charge in [0, 0.05) is 23.6 Å². The average molecular weight is 478 g/mol. The van der Waals surface area contributed by atoms with Crippen LogP contribution in [0.25, 0.3) is 0 Å². The number of ether oxygens (including phenoxy) is 1. The first-order valence-corrected chi connectivity index (χ1v) is 11.7. The Morgan fingerprint density at radius 2 is 1.82 bits per heavy atom. The maximum Gasteiger partial charge on any atom is 0.323 e. The molecule has 3 aromatic rings. The van der Waals surface area contributed by atoms with Crippen molar-refractivity contribution in [1.82, 2.24) is 4.90 Å². The highest BCUT2D eigenvalue weighted by molar-refractivity contribution is 6.30. The van der Waals surface area contributed by atoms with Crippen LogP contribution >= 0.6 is 11.6 Å². The zero-order valence-corrected chi connectivity index (χ0v) is 20.1. The molecular weight excluding hydrogens is 450 g/mol. The third-order valence-electron chi connectivity index (χ3n) is 6.16. The number of hydrogen-bond acceptors (Lipinski definition) is 3. The van der Waals surface area contributed by atoms with Crippen molar-refractivity contribution in [1.29, 1.82) is 0 Å². The number of nitrogens with zero attached hydrogens (tertiary/aromatic N) is 1. The van der Waals surface area contributed by atoms with E-state index in [0.29, 0.717) is 10.6 Å². The van der Waals surface area contributed by atoms with Crippen molar-refractivity contribution in [3.63, 3.8) is 0 Å². The van der Waals surface area contributed by atoms with Crippen LogP contribution in [-0.2, 0) is 24.2 Å². The van der Waals surface area contributed by atoms with Crippen molar-refractivity contribution in [2.45, 2.75) is 45.3 Å². The number of aryl methyl sites for hydroxylation is 2. The Morgan fingerprint density at radius 1 is 1.06 bits per heavy atom. The van der Waals surface area contributed by atoms with E-state index in [4.69, 9.17) is 16.3 Å². The fraction of sp³-hybridized carbons (Fsp3) is 0.286. The molecule has 5 nitrogen and oxygen atoms in total. The van der Waals surface area contributed by atoms with E-state index in [-0.39, 0.29) is 24.6 Å². The van der Waals surface area contributed by atoms with Crippen molar-refractivity contribution in [2.24, 2.45) is 0 Å². The fourth-order valence-electron chi connectivity index (χ4n) is 4.39. The number of carboxylic acid groups (broad SMARTS) is 1. The molecule has 0 unspecified atom stereocenters. The van der Waals surface area contributed by atoms with E-state index in [9.17, 15) is 14.7 Å². The van der Waals surface area contributed by atoms with Gasteiger partial charge in [-0.2, -0.15) is 0 Å². The second-order valence-corrected chi connectivity index (χ2v) is 9.66. The van der Waals surface area contributed by atoms with Gasteiger partial charge in [0.15, 0.2) is 0 Å². The third-order valence-corrected chi connectivity index (χ3v) is 6.40. The molecular formula is C28H28ClNO4. The van der Waals surface area contributed by atoms with Crippen LogP contribution in [0.5, 0.6) is 5.75 Å². The van der Waals surface area contributed by atoms with Gasteiger partial charge in [-0.25, -0.2) is 0 Å². The lowest BCUT2D eigenvalue weighted by atomic mass is 9.87. The lowest BCUT2D eigenvalue weighted by molar-refractivity contribution is -0.137. The van der Waals surface area contributed by atoms with Crippen molar-refractivity contribution in [3.8, 4) is 5.75 Å². The number of benzene rings is 3. The second-order valence-electron chi connectivity index (χ2n) is 9.22. The highest BCUT2D eigenvalue weighted by Gasteiger charge is 2.32. The average Bonchev–Trinajstić information content (AvgIpc) is 2.79. The maximum atomic E-state index is 13.2. The number of amides is 1. The summed E-state index contributed by atoms with van der Waals surface area (Å²) in [5, 5.41) is 10.1. The number of fused-ring (bicyclic) bond motifs is 1. The molecule has 0 fully saturated rings. The van der Waals surface area contributed by atoms with E-state index in [1.165, 1.54) is 4.90 Å². The summed E-state index contributed by atoms with van der Waals surface area (Å²) in [7, 11) is 0. The van der Waals surface area contributed by atoms with Crippen LogP contribution in [-0.4, -0.2) is 34.0 Å². The topological polar surface area (TPSA) is 66.8 Å². The Hall–Kier alpha value is -3.31. The van der Waals surface area contributed by atoms with Gasteiger partial charge in [0.1, 0.15) is 17.9 Å². The largest absolute Gasteiger partial charge is 0.487 e. The molecule has 0 saturated carbocycles. The van der Waals surface area contributed by atoms with E-state index >= 15 is 0 Å². The van der Waals surface area contributed by atoms with Crippen molar-refractivity contribution in [2.75, 3.05) is 6.54 Å². The highest BCUT2D eigenvalue weighted by atomic mass is 35.5. The Bertz CT molecular complexity index is 1210. The number of aliphatic carboxylic acids is 1. The highest BCUT2D eigenvalue weighted by Crippen LogP contribution is 2.36. The first kappa shape index (κ1) is 23.8. The van der Waals surface area contributed by atoms with Gasteiger partial charge in [-0.1, -0.05) is 53.6 Å². The number of hydrogen-bond donors (Lipinski definition) is 1. The van der Waals surface area contributed by atoms with Crippen LogP contribution in [0.1, 0.15) is 46.0 Å². The lowest BCUT2D eigenvalue weighted by Crippen LogP contribution is -2.39. The Balaban J connectivity index is 1.51. The lowest BCUT2D eigenvalue weighted by Gasteiger charge is -2.36. The quantitative estimate of drug-likeness (QED) is 0.474. The van der Waals surface area contributed by atoms with Crippen molar-refractivity contribution < 1.29 is 19.4 Å². The fourth-order valence-corrected chi connectivity index (χ4v) is 4.60. The molecule has 0 aliphatic carbocycles. The number of carboxylic acids is 1. The third kappa shape index (κ3) is 5.78. The van der Waals surface area contributed by atoms with Crippen LogP contribution in [0.2, 0.25) is 5.02 Å². The van der Waals surface area contributed by atoms with Gasteiger partial charge in [-0.05, 0) is 73.7 Å². The van der Waals surface area contributed by atoms with Gasteiger partial charge >= 0.3 is 5.97 Å². The van der Waals surface area contributed by atoms with Gasteiger partial charge in [0.25, 0.3) is 5.91 Å². The van der Waals surface area contributed by atoms with E-state index in [0.717, 1.165) is 47.3 Å². The van der Waals surface area contributed by atoms with Crippen LogP contribution in [0.4, 0.5) is 0 Å². The van der Waals surface area contributed by atoms with Crippen LogP contribution in [0.3, 0.4) is 0 Å². The van der Waals surface area contributed by atoms with E-state index in [1.807, 2.05) is 67.6 Å². The van der Waals surface area contributed by atoms with Gasteiger partial charge in [-0.15, -0.1) is 0 Å². The standard InChI is InChI=1S/C28H28ClNO4/c1-19-6-8-20(9-7-19)17-30(18-26(31)32)27(33)23-10-11-25-22(15-23)12-13-28(2,34-25)16-21-4-3-5-24(29)14-21/h3-11,14-15H,12-13,16-18H2,1-2H3,(H,31,32)/t28-/m1/s1. The maximum absolute atomic E-state index is 13.2. The Kier molecular flexibility index (Phi) is 6.94. The predicted molar refractivity (Wildman–Crippen MR) is 133 cm³/mol. The summed E-state index contributed by atoms with van der Waals surface area (Å²) in [6.07, 6.45) is 2.30. The van der Waals surface area contributed by atoms with Crippen molar-refractivity contribution in [3.05, 3.63) is 99.6 Å². The number of halogens is 1. The molecule has 0 radical (unpaired) electrons. The molecule has 6 heteroatoms. The van der Waals surface area contributed by atoms with Gasteiger partial charge < -0.3 is 14.7 Å². The molecule has 0 saturated heterocycles. The van der Waals surface area contributed by atoms with Crippen molar-refractivity contribution >= 4 is 23.5 Å². The second kappa shape index (κ2) is 9.90. The first-order chi connectivity index (χ1) is 16.2. The van der Waals surface area contributed by atoms with Crippen LogP contribution in [0.15, 0.2) is 66.7 Å². The molecule has 34 heavy (non-hydrogen) atoms. The molecule has 1 heterocycles. The van der Waals surface area contributed by atoms with E-state index in [1.54, 1.807) is 6.07 Å². The molecule has 4 rings (SSSR count). The molecule has 0 bridgehead atoms. The Labute approximate surface area is 204 Å². The molecule has 0 aromatic heterocycles. The smallest absolute Gasteiger partial charge is 0.323 e. The number of carbonyl (C=O) groups is 2. The monoisotopic (exact) mass is 477 g/mol. The first-order valence-electron chi connectivity index (χ1n) is 11.3. The zero-order valence-electron chi connectivity index (χ0n) is 19.4. The van der Waals surface area contributed by atoms with E-state index < -0.39 is 5.97 Å². The normalized spacial score (nSPS) is 16.9. The minimum Gasteiger partial charge on any atom is -0.487 e. The van der Waals surface area contributed by atoms with Gasteiger partial charge in [-0.3, -0.25) is 9.59 Å². The van der Waals surface area contributed by atoms with Crippen LogP contribution < -0.4 is 4.74 Å². The number of carbonyl (C=O) groups excluding carboxylic acids is 1. The Morgan fingerprint density at radius 3 is 2.53 bits per heavy atom. The molecule has 176 valence electrons. The zero-order chi connectivity index (χ0) is 24.3. The predicted octanol–water partition coefficient (Wildman–Crippen LogP) is 5.70. The molecule has 1 N–H and O–H groups in total. The summed E-state index contributed by atoms with van der Waals surface area (Å²) >= 11 is 6.14. The SMILES string of the molecule is Cc1ccc(CN(CC(=O)O)C(=O)c2ccc3c(c2)CC[C@](C)(Cc2cccc(Cl)c2)O3)cc1. The summed E-state index contributed by atoms with van der Waals surface area (Å²) < 4.78 is 6.37. The number of rotatable bonds is 7. The molecule has 1 amide bonds. The van der Waals surface area contributed by atoms with Gasteiger partial charge in [0.2, 0.25) is 0 Å². The summed E-state index contributed by atoms with van der Waals surface area (Å²) in [6.45, 7) is 3.94. The molecule has 1 aliphatic heterocycles. The minimum absolute atomic E-state index is 0.233. The van der Waals surface area contributed by atoms with E-state index in [2.05, 4.69) is 6.92 Å². The molecule has 1 atom stereocenters. The summed E-state index contributed by atoms with van der Waals surface area (Å²) in [4.78, 5) is 26.1.